The number of aromatic amines is 1. The maximum Gasteiger partial charge on any atom is 0.328 e. The highest BCUT2D eigenvalue weighted by Gasteiger charge is 2.42. The molecular weight excluding hydrogens is 520 g/mol. The molecular formula is C24H28N4O7S2. The average molecular weight is 549 g/mol. The van der Waals surface area contributed by atoms with Crippen molar-refractivity contribution in [3.05, 3.63) is 66.4 Å². The van der Waals surface area contributed by atoms with Crippen LogP contribution in [0.25, 0.3) is 10.9 Å². The molecule has 2 aromatic carbocycles. The number of hydrogen-bond donors (Lipinski definition) is 2. The van der Waals surface area contributed by atoms with E-state index >= 15 is 0 Å². The van der Waals surface area contributed by atoms with Crippen LogP contribution in [0.5, 0.6) is 0 Å². The van der Waals surface area contributed by atoms with Gasteiger partial charge in [0.2, 0.25) is 26.0 Å². The molecule has 11 nitrogen and oxygen atoms in total. The van der Waals surface area contributed by atoms with Crippen LogP contribution < -0.4 is 5.32 Å². The fraction of sp³-hybridized carbons (Fsp3) is 0.333. The Kier molecular flexibility index (Phi) is 7.69. The minimum absolute atomic E-state index is 0.0359. The summed E-state index contributed by atoms with van der Waals surface area (Å²) >= 11 is 0. The number of para-hydroxylation sites is 1. The number of rotatable bonds is 8. The topological polar surface area (TPSA) is 146 Å². The Morgan fingerprint density at radius 1 is 1.05 bits per heavy atom. The lowest BCUT2D eigenvalue weighted by Crippen LogP contribution is -2.62. The van der Waals surface area contributed by atoms with E-state index in [0.717, 1.165) is 31.3 Å². The molecule has 37 heavy (non-hydrogen) atoms. The van der Waals surface area contributed by atoms with Gasteiger partial charge in [0.15, 0.2) is 0 Å². The normalized spacial score (nSPS) is 18.4. The number of aromatic nitrogens is 1. The minimum atomic E-state index is -3.98. The Morgan fingerprint density at radius 2 is 1.73 bits per heavy atom. The van der Waals surface area contributed by atoms with E-state index in [1.54, 1.807) is 24.4 Å². The smallest absolute Gasteiger partial charge is 0.328 e. The Bertz CT molecular complexity index is 1500. The van der Waals surface area contributed by atoms with E-state index in [-0.39, 0.29) is 24.4 Å². The first-order valence-electron chi connectivity index (χ1n) is 11.5. The van der Waals surface area contributed by atoms with Gasteiger partial charge in [0.1, 0.15) is 12.1 Å². The Hall–Kier alpha value is -3.26. The van der Waals surface area contributed by atoms with Crippen LogP contribution >= 0.6 is 0 Å². The first-order valence-corrected chi connectivity index (χ1v) is 14.8. The molecule has 1 saturated heterocycles. The van der Waals surface area contributed by atoms with Crippen LogP contribution in [-0.4, -0.2) is 87.4 Å². The maximum atomic E-state index is 13.4. The first-order chi connectivity index (χ1) is 17.5. The third-order valence-corrected chi connectivity index (χ3v) is 9.47. The highest BCUT2D eigenvalue weighted by Crippen LogP contribution is 2.23. The van der Waals surface area contributed by atoms with Gasteiger partial charge in [-0.2, -0.15) is 8.61 Å². The highest BCUT2D eigenvalue weighted by molar-refractivity contribution is 7.89. The van der Waals surface area contributed by atoms with Crippen LogP contribution in [0.4, 0.5) is 0 Å². The maximum absolute atomic E-state index is 13.4. The molecule has 1 fully saturated rings. The van der Waals surface area contributed by atoms with Gasteiger partial charge in [0.05, 0.1) is 18.3 Å². The van der Waals surface area contributed by atoms with Gasteiger partial charge in [-0.25, -0.2) is 21.6 Å². The number of nitrogens with one attached hydrogen (secondary N) is 2. The number of hydrogen-bond acceptors (Lipinski definition) is 7. The number of carbonyl (C=O) groups is 2. The second-order valence-corrected chi connectivity index (χ2v) is 12.6. The molecule has 4 rings (SSSR count). The highest BCUT2D eigenvalue weighted by atomic mass is 32.2. The Balaban J connectivity index is 1.60. The monoisotopic (exact) mass is 548 g/mol. The predicted molar refractivity (Wildman–Crippen MR) is 136 cm³/mol. The van der Waals surface area contributed by atoms with Gasteiger partial charge in [0.25, 0.3) is 0 Å². The van der Waals surface area contributed by atoms with Crippen LogP contribution in [0.1, 0.15) is 5.56 Å². The largest absolute Gasteiger partial charge is 0.467 e. The summed E-state index contributed by atoms with van der Waals surface area (Å²) in [4.78, 5) is 29.2. The average Bonchev–Trinajstić information content (AvgIpc) is 3.30. The number of nitrogens with zero attached hydrogens (tertiary/aromatic N) is 2. The molecule has 0 aliphatic carbocycles. The zero-order valence-corrected chi connectivity index (χ0v) is 22.0. The molecule has 0 radical (unpaired) electrons. The summed E-state index contributed by atoms with van der Waals surface area (Å²) < 4.78 is 58.3. The van der Waals surface area contributed by atoms with E-state index in [2.05, 4.69) is 10.3 Å². The van der Waals surface area contributed by atoms with Crippen LogP contribution in [-0.2, 0) is 40.8 Å². The number of sulfonamides is 2. The first kappa shape index (κ1) is 26.8. The summed E-state index contributed by atoms with van der Waals surface area (Å²) in [6.45, 7) is -0.741. The van der Waals surface area contributed by atoms with E-state index < -0.39 is 50.6 Å². The number of ether oxygens (including phenoxy) is 1. The van der Waals surface area contributed by atoms with Crippen molar-refractivity contribution >= 4 is 42.8 Å². The lowest BCUT2D eigenvalue weighted by molar-refractivity contribution is -0.145. The molecule has 0 spiro atoms. The van der Waals surface area contributed by atoms with E-state index in [4.69, 9.17) is 4.74 Å². The van der Waals surface area contributed by atoms with Crippen molar-refractivity contribution in [3.63, 3.8) is 0 Å². The van der Waals surface area contributed by atoms with E-state index in [9.17, 15) is 26.4 Å². The van der Waals surface area contributed by atoms with Crippen molar-refractivity contribution in [1.82, 2.24) is 18.9 Å². The zero-order chi connectivity index (χ0) is 26.8. The van der Waals surface area contributed by atoms with Gasteiger partial charge in [-0.15, -0.1) is 0 Å². The summed E-state index contributed by atoms with van der Waals surface area (Å²) in [5, 5.41) is 3.46. The van der Waals surface area contributed by atoms with E-state index in [1.165, 1.54) is 19.2 Å². The fourth-order valence-corrected chi connectivity index (χ4v) is 6.93. The molecule has 3 aromatic rings. The van der Waals surface area contributed by atoms with Crippen LogP contribution in [0.3, 0.4) is 0 Å². The summed E-state index contributed by atoms with van der Waals surface area (Å²) in [5.41, 5.74) is 1.60. The molecule has 1 aliphatic rings. The van der Waals surface area contributed by atoms with Gasteiger partial charge in [-0.1, -0.05) is 36.4 Å². The molecule has 2 atom stereocenters. The fourth-order valence-electron chi connectivity index (χ4n) is 4.44. The van der Waals surface area contributed by atoms with Gasteiger partial charge in [0, 0.05) is 43.2 Å². The molecule has 1 aromatic heterocycles. The van der Waals surface area contributed by atoms with Crippen molar-refractivity contribution in [2.24, 2.45) is 0 Å². The molecule has 0 bridgehead atoms. The second-order valence-electron chi connectivity index (χ2n) is 8.71. The summed E-state index contributed by atoms with van der Waals surface area (Å²) in [6.07, 6.45) is 2.77. The number of fused-ring (bicyclic) bond motifs is 1. The van der Waals surface area contributed by atoms with Crippen LogP contribution in [0.15, 0.2) is 65.7 Å². The zero-order valence-electron chi connectivity index (χ0n) is 20.3. The number of carbonyl (C=O) groups excluding carboxylic acids is 2. The van der Waals surface area contributed by atoms with Gasteiger partial charge in [-0.3, -0.25) is 4.79 Å². The molecule has 198 valence electrons. The van der Waals surface area contributed by atoms with E-state index in [0.29, 0.717) is 0 Å². The summed E-state index contributed by atoms with van der Waals surface area (Å²) in [5.74, 6) is -1.51. The van der Waals surface area contributed by atoms with Gasteiger partial charge < -0.3 is 15.0 Å². The van der Waals surface area contributed by atoms with E-state index in [1.807, 2.05) is 24.3 Å². The molecule has 0 saturated carbocycles. The molecule has 0 unspecified atom stereocenters. The van der Waals surface area contributed by atoms with Crippen molar-refractivity contribution in [2.75, 3.05) is 33.0 Å². The van der Waals surface area contributed by atoms with Gasteiger partial charge in [-0.05, 0) is 23.8 Å². The number of methoxy groups -OCH3 is 1. The molecule has 2 N–H and O–H groups in total. The number of piperazine rings is 1. The molecule has 1 amide bonds. The standard InChI is InChI=1S/C24H28N4O7S2/c1-35-24(30)21(14-17-15-25-20-11-7-6-10-19(17)20)26-23(29)22-16-27(12-13-28(22)36(2,31)32)37(33,34)18-8-4-3-5-9-18/h3-11,15,21-22,25H,12-14,16H2,1-2H3,(H,26,29)/t21-,22+/m1/s1. The third kappa shape index (κ3) is 5.69. The number of amides is 1. The molecule has 13 heteroatoms. The van der Waals surface area contributed by atoms with Crippen LogP contribution in [0.2, 0.25) is 0 Å². The lowest BCUT2D eigenvalue weighted by atomic mass is 10.0. The number of benzene rings is 2. The van der Waals surface area contributed by atoms with Crippen LogP contribution in [0, 0.1) is 0 Å². The quantitative estimate of drug-likeness (QED) is 0.394. The Morgan fingerprint density at radius 3 is 2.41 bits per heavy atom. The predicted octanol–water partition coefficient (Wildman–Crippen LogP) is 0.703. The second kappa shape index (κ2) is 10.6. The minimum Gasteiger partial charge on any atom is -0.467 e. The molecule has 2 heterocycles. The van der Waals surface area contributed by atoms with Crippen molar-refractivity contribution in [1.29, 1.82) is 0 Å². The summed E-state index contributed by atoms with van der Waals surface area (Å²) in [7, 11) is -6.65. The molecule has 1 aliphatic heterocycles. The lowest BCUT2D eigenvalue weighted by Gasteiger charge is -2.38. The van der Waals surface area contributed by atoms with Crippen molar-refractivity contribution in [3.8, 4) is 0 Å². The number of H-pyrrole nitrogens is 1. The van der Waals surface area contributed by atoms with Gasteiger partial charge >= 0.3 is 5.97 Å². The number of esters is 1. The summed E-state index contributed by atoms with van der Waals surface area (Å²) in [6, 6.07) is 12.6. The Labute approximate surface area is 215 Å². The van der Waals surface area contributed by atoms with Crippen molar-refractivity contribution < 1.29 is 31.2 Å². The SMILES string of the molecule is COC(=O)[C@@H](Cc1c[nH]c2ccccc12)NC(=O)[C@@H]1CN(S(=O)(=O)c2ccccc2)CCN1S(C)(=O)=O. The van der Waals surface area contributed by atoms with Crippen molar-refractivity contribution in [2.45, 2.75) is 23.4 Å². The third-order valence-electron chi connectivity index (χ3n) is 6.30.